The second kappa shape index (κ2) is 9.03. The number of sulfonamides is 1. The fourth-order valence-electron chi connectivity index (χ4n) is 2.29. The summed E-state index contributed by atoms with van der Waals surface area (Å²) in [5, 5.41) is 2.86. The van der Waals surface area contributed by atoms with Crippen molar-refractivity contribution < 1.29 is 13.2 Å². The maximum Gasteiger partial charge on any atom is 0.225 e. The average Bonchev–Trinajstić information content (AvgIpc) is 2.45. The molecule has 0 aliphatic rings. The van der Waals surface area contributed by atoms with Crippen molar-refractivity contribution in [1.82, 2.24) is 4.31 Å². The normalized spacial score (nSPS) is 11.7. The number of carbonyl (C=O) groups excluding carboxylic acids is 1. The molecule has 0 bridgehead atoms. The van der Waals surface area contributed by atoms with Crippen LogP contribution in [-0.2, 0) is 14.8 Å². The lowest BCUT2D eigenvalue weighted by molar-refractivity contribution is -0.116. The van der Waals surface area contributed by atoms with E-state index in [0.29, 0.717) is 6.54 Å². The van der Waals surface area contributed by atoms with Gasteiger partial charge in [-0.15, -0.1) is 0 Å². The molecule has 0 aromatic heterocycles. The SMILES string of the molecule is CCCCCN(CCC(=O)Nc1cc(C)ccc1C)S(C)(=O)=O. The summed E-state index contributed by atoms with van der Waals surface area (Å²) in [7, 11) is -3.28. The molecule has 23 heavy (non-hydrogen) atoms. The van der Waals surface area contributed by atoms with Gasteiger partial charge in [-0.05, 0) is 37.5 Å². The van der Waals surface area contributed by atoms with Crippen LogP contribution in [0, 0.1) is 13.8 Å². The van der Waals surface area contributed by atoms with Crippen molar-refractivity contribution in [2.45, 2.75) is 46.5 Å². The number of benzene rings is 1. The number of aryl methyl sites for hydroxylation is 2. The van der Waals surface area contributed by atoms with Gasteiger partial charge in [-0.2, -0.15) is 0 Å². The Morgan fingerprint density at radius 1 is 1.17 bits per heavy atom. The van der Waals surface area contributed by atoms with Gasteiger partial charge in [0.2, 0.25) is 15.9 Å². The standard InChI is InChI=1S/C17H28N2O3S/c1-5-6-7-11-19(23(4,21)22)12-10-17(20)18-16-13-14(2)8-9-15(16)3/h8-9,13H,5-7,10-12H2,1-4H3,(H,18,20). The van der Waals surface area contributed by atoms with E-state index < -0.39 is 10.0 Å². The largest absolute Gasteiger partial charge is 0.326 e. The maximum absolute atomic E-state index is 12.1. The van der Waals surface area contributed by atoms with Gasteiger partial charge in [0.15, 0.2) is 0 Å². The molecule has 130 valence electrons. The van der Waals surface area contributed by atoms with Crippen molar-refractivity contribution in [2.24, 2.45) is 0 Å². The van der Waals surface area contributed by atoms with E-state index in [0.717, 1.165) is 36.1 Å². The van der Waals surface area contributed by atoms with Crippen LogP contribution < -0.4 is 5.32 Å². The zero-order valence-electron chi connectivity index (χ0n) is 14.6. The minimum absolute atomic E-state index is 0.159. The van der Waals surface area contributed by atoms with Crippen molar-refractivity contribution >= 4 is 21.6 Å². The van der Waals surface area contributed by atoms with Crippen molar-refractivity contribution in [2.75, 3.05) is 24.7 Å². The third-order valence-corrected chi connectivity index (χ3v) is 5.04. The average molecular weight is 340 g/mol. The smallest absolute Gasteiger partial charge is 0.225 e. The van der Waals surface area contributed by atoms with E-state index in [1.165, 1.54) is 10.6 Å². The Morgan fingerprint density at radius 3 is 2.48 bits per heavy atom. The topological polar surface area (TPSA) is 66.5 Å². The van der Waals surface area contributed by atoms with Gasteiger partial charge in [-0.25, -0.2) is 12.7 Å². The van der Waals surface area contributed by atoms with Gasteiger partial charge in [0, 0.05) is 25.2 Å². The van der Waals surface area contributed by atoms with Gasteiger partial charge in [0.25, 0.3) is 0 Å². The first-order chi connectivity index (χ1) is 10.7. The maximum atomic E-state index is 12.1. The van der Waals surface area contributed by atoms with Crippen molar-refractivity contribution in [1.29, 1.82) is 0 Å². The van der Waals surface area contributed by atoms with E-state index in [-0.39, 0.29) is 18.9 Å². The molecule has 0 spiro atoms. The fraction of sp³-hybridized carbons (Fsp3) is 0.588. The molecule has 1 N–H and O–H groups in total. The highest BCUT2D eigenvalue weighted by Gasteiger charge is 2.17. The van der Waals surface area contributed by atoms with Crippen LogP contribution in [-0.4, -0.2) is 38.0 Å². The van der Waals surface area contributed by atoms with E-state index in [4.69, 9.17) is 0 Å². The third kappa shape index (κ3) is 7.14. The molecule has 5 nitrogen and oxygen atoms in total. The highest BCUT2D eigenvalue weighted by atomic mass is 32.2. The lowest BCUT2D eigenvalue weighted by Crippen LogP contribution is -2.34. The van der Waals surface area contributed by atoms with E-state index in [1.807, 2.05) is 32.0 Å². The van der Waals surface area contributed by atoms with Crippen LogP contribution in [0.4, 0.5) is 5.69 Å². The molecular weight excluding hydrogens is 312 g/mol. The molecule has 0 atom stereocenters. The molecule has 0 saturated carbocycles. The first-order valence-electron chi connectivity index (χ1n) is 8.06. The summed E-state index contributed by atoms with van der Waals surface area (Å²) < 4.78 is 25.0. The number of hydrogen-bond donors (Lipinski definition) is 1. The van der Waals surface area contributed by atoms with Gasteiger partial charge in [-0.3, -0.25) is 4.79 Å². The Balaban J connectivity index is 2.59. The number of rotatable bonds is 9. The van der Waals surface area contributed by atoms with Crippen LogP contribution in [0.2, 0.25) is 0 Å². The second-order valence-electron chi connectivity index (χ2n) is 5.99. The van der Waals surface area contributed by atoms with Crippen LogP contribution in [0.1, 0.15) is 43.7 Å². The monoisotopic (exact) mass is 340 g/mol. The van der Waals surface area contributed by atoms with Crippen LogP contribution >= 0.6 is 0 Å². The number of unbranched alkanes of at least 4 members (excludes halogenated alkanes) is 2. The van der Waals surface area contributed by atoms with E-state index >= 15 is 0 Å². The molecule has 0 aliphatic carbocycles. The summed E-state index contributed by atoms with van der Waals surface area (Å²) in [6, 6.07) is 5.87. The Bertz CT molecular complexity index is 627. The van der Waals surface area contributed by atoms with Gasteiger partial charge in [0.05, 0.1) is 6.26 Å². The van der Waals surface area contributed by atoms with Crippen LogP contribution in [0.25, 0.3) is 0 Å². The van der Waals surface area contributed by atoms with Gasteiger partial charge in [0.1, 0.15) is 0 Å². The quantitative estimate of drug-likeness (QED) is 0.703. The number of carbonyl (C=O) groups is 1. The van der Waals surface area contributed by atoms with Crippen LogP contribution in [0.3, 0.4) is 0 Å². The summed E-state index contributed by atoms with van der Waals surface area (Å²) in [6.07, 6.45) is 4.20. The first kappa shape index (κ1) is 19.6. The Hall–Kier alpha value is -1.40. The summed E-state index contributed by atoms with van der Waals surface area (Å²) >= 11 is 0. The Morgan fingerprint density at radius 2 is 1.87 bits per heavy atom. The molecule has 0 heterocycles. The zero-order valence-corrected chi connectivity index (χ0v) is 15.4. The molecule has 0 radical (unpaired) electrons. The summed E-state index contributed by atoms with van der Waals surface area (Å²) in [6.45, 7) is 6.67. The predicted octanol–water partition coefficient (Wildman–Crippen LogP) is 3.08. The van der Waals surface area contributed by atoms with Gasteiger partial charge < -0.3 is 5.32 Å². The summed E-state index contributed by atoms with van der Waals surface area (Å²) in [5.74, 6) is -0.164. The summed E-state index contributed by atoms with van der Waals surface area (Å²) in [5.41, 5.74) is 2.85. The second-order valence-corrected chi connectivity index (χ2v) is 7.97. The highest BCUT2D eigenvalue weighted by molar-refractivity contribution is 7.88. The number of nitrogens with zero attached hydrogens (tertiary/aromatic N) is 1. The Labute approximate surface area is 140 Å². The molecule has 1 aromatic carbocycles. The van der Waals surface area contributed by atoms with Crippen LogP contribution in [0.15, 0.2) is 18.2 Å². The van der Waals surface area contributed by atoms with Crippen molar-refractivity contribution in [3.8, 4) is 0 Å². The first-order valence-corrected chi connectivity index (χ1v) is 9.91. The third-order valence-electron chi connectivity index (χ3n) is 3.74. The molecular formula is C17H28N2O3S. The summed E-state index contributed by atoms with van der Waals surface area (Å²) in [4.78, 5) is 12.1. The van der Waals surface area contributed by atoms with Crippen LogP contribution in [0.5, 0.6) is 0 Å². The fourth-order valence-corrected chi connectivity index (χ4v) is 3.17. The number of hydrogen-bond acceptors (Lipinski definition) is 3. The molecule has 0 saturated heterocycles. The Kier molecular flexibility index (Phi) is 7.72. The van der Waals surface area contributed by atoms with E-state index in [2.05, 4.69) is 12.2 Å². The molecule has 0 aliphatic heterocycles. The lowest BCUT2D eigenvalue weighted by atomic mass is 10.1. The van der Waals surface area contributed by atoms with E-state index in [1.54, 1.807) is 0 Å². The molecule has 0 fully saturated rings. The molecule has 0 unspecified atom stereocenters. The molecule has 1 rings (SSSR count). The minimum Gasteiger partial charge on any atom is -0.326 e. The lowest BCUT2D eigenvalue weighted by Gasteiger charge is -2.19. The molecule has 6 heteroatoms. The number of nitrogens with one attached hydrogen (secondary N) is 1. The molecule has 1 aromatic rings. The predicted molar refractivity (Wildman–Crippen MR) is 95.1 cm³/mol. The number of amides is 1. The van der Waals surface area contributed by atoms with E-state index in [9.17, 15) is 13.2 Å². The van der Waals surface area contributed by atoms with Crippen molar-refractivity contribution in [3.05, 3.63) is 29.3 Å². The van der Waals surface area contributed by atoms with Gasteiger partial charge >= 0.3 is 0 Å². The minimum atomic E-state index is -3.28. The zero-order chi connectivity index (χ0) is 17.5. The number of anilines is 1. The van der Waals surface area contributed by atoms with Crippen molar-refractivity contribution in [3.63, 3.8) is 0 Å². The molecule has 1 amide bonds. The van der Waals surface area contributed by atoms with Gasteiger partial charge in [-0.1, -0.05) is 31.9 Å². The highest BCUT2D eigenvalue weighted by Crippen LogP contribution is 2.16.